The number of aryl methyl sites for hydroxylation is 1. The molecule has 150 valence electrons. The van der Waals surface area contributed by atoms with E-state index >= 15 is 0 Å². The maximum Gasteiger partial charge on any atom is 0.234 e. The van der Waals surface area contributed by atoms with Crippen molar-refractivity contribution >= 4 is 40.6 Å². The predicted octanol–water partition coefficient (Wildman–Crippen LogP) is 4.77. The van der Waals surface area contributed by atoms with Crippen LogP contribution in [0.25, 0.3) is 0 Å². The van der Waals surface area contributed by atoms with Crippen molar-refractivity contribution in [3.63, 3.8) is 0 Å². The molecule has 0 spiro atoms. The van der Waals surface area contributed by atoms with Gasteiger partial charge in [0.05, 0.1) is 12.3 Å². The van der Waals surface area contributed by atoms with Crippen LogP contribution in [-0.2, 0) is 17.9 Å². The van der Waals surface area contributed by atoms with Crippen LogP contribution in [0.1, 0.15) is 11.4 Å². The Hall–Kier alpha value is -2.77. The molecule has 0 unspecified atom stereocenters. The number of allylic oxidation sites excluding steroid dienone is 1. The maximum absolute atomic E-state index is 12.3. The molecule has 1 aromatic heterocycles. The van der Waals surface area contributed by atoms with Crippen molar-refractivity contribution in [3.05, 3.63) is 77.6 Å². The third-order valence-corrected chi connectivity index (χ3v) is 5.33. The van der Waals surface area contributed by atoms with Gasteiger partial charge in [0.25, 0.3) is 0 Å². The number of halogens is 1. The second-order valence-electron chi connectivity index (χ2n) is 6.31. The molecule has 2 N–H and O–H groups in total. The topological polar surface area (TPSA) is 71.8 Å². The minimum absolute atomic E-state index is 0.0870. The van der Waals surface area contributed by atoms with Crippen molar-refractivity contribution in [3.8, 4) is 0 Å². The number of carbonyl (C=O) groups is 1. The smallest absolute Gasteiger partial charge is 0.234 e. The standard InChI is InChI=1S/C21H22ClN5OS/c1-3-11-27-19(13-23-17-9-6-8-16(22)12-17)25-26-21(27)29-14-20(28)24-18-10-5-4-7-15(18)2/h3-10,12,23H,1,11,13-14H2,2H3,(H,24,28). The molecule has 2 aromatic carbocycles. The number of para-hydroxylation sites is 1. The van der Waals surface area contributed by atoms with Crippen LogP contribution in [0.2, 0.25) is 5.02 Å². The summed E-state index contributed by atoms with van der Waals surface area (Å²) in [4.78, 5) is 12.3. The Morgan fingerprint density at radius 3 is 2.83 bits per heavy atom. The monoisotopic (exact) mass is 427 g/mol. The lowest BCUT2D eigenvalue weighted by Gasteiger charge is -2.10. The molecule has 3 aromatic rings. The van der Waals surface area contributed by atoms with Crippen molar-refractivity contribution < 1.29 is 4.79 Å². The van der Waals surface area contributed by atoms with Crippen LogP contribution in [0, 0.1) is 6.92 Å². The Bertz CT molecular complexity index is 1000. The third-order valence-electron chi connectivity index (χ3n) is 4.13. The molecule has 0 saturated heterocycles. The van der Waals surface area contributed by atoms with Gasteiger partial charge >= 0.3 is 0 Å². The van der Waals surface area contributed by atoms with Crippen LogP contribution >= 0.6 is 23.4 Å². The Morgan fingerprint density at radius 2 is 2.07 bits per heavy atom. The van der Waals surface area contributed by atoms with Crippen molar-refractivity contribution in [2.45, 2.75) is 25.2 Å². The van der Waals surface area contributed by atoms with Crippen molar-refractivity contribution in [2.75, 3.05) is 16.4 Å². The van der Waals surface area contributed by atoms with E-state index in [4.69, 9.17) is 11.6 Å². The summed E-state index contributed by atoms with van der Waals surface area (Å²) in [5, 5.41) is 16.1. The highest BCUT2D eigenvalue weighted by molar-refractivity contribution is 7.99. The highest BCUT2D eigenvalue weighted by atomic mass is 35.5. The molecule has 0 bridgehead atoms. The first-order valence-corrected chi connectivity index (χ1v) is 10.4. The summed E-state index contributed by atoms with van der Waals surface area (Å²) in [6.45, 7) is 6.81. The summed E-state index contributed by atoms with van der Waals surface area (Å²) in [6, 6.07) is 15.2. The summed E-state index contributed by atoms with van der Waals surface area (Å²) in [5.74, 6) is 0.911. The number of thioether (sulfide) groups is 1. The lowest BCUT2D eigenvalue weighted by Crippen LogP contribution is -2.15. The molecule has 6 nitrogen and oxygen atoms in total. The van der Waals surface area contributed by atoms with Crippen LogP contribution in [0.4, 0.5) is 11.4 Å². The molecule has 0 aliphatic rings. The summed E-state index contributed by atoms with van der Waals surface area (Å²) in [5.41, 5.74) is 2.74. The maximum atomic E-state index is 12.3. The predicted molar refractivity (Wildman–Crippen MR) is 120 cm³/mol. The number of hydrogen-bond acceptors (Lipinski definition) is 5. The summed E-state index contributed by atoms with van der Waals surface area (Å²) >= 11 is 7.37. The summed E-state index contributed by atoms with van der Waals surface area (Å²) in [7, 11) is 0. The number of carbonyl (C=O) groups excluding carboxylic acids is 1. The highest BCUT2D eigenvalue weighted by Crippen LogP contribution is 2.20. The van der Waals surface area contributed by atoms with Crippen molar-refractivity contribution in [1.29, 1.82) is 0 Å². The van der Waals surface area contributed by atoms with Crippen LogP contribution in [0.15, 0.2) is 66.3 Å². The molecule has 0 aliphatic carbocycles. The van der Waals surface area contributed by atoms with Gasteiger partial charge in [-0.05, 0) is 36.8 Å². The zero-order valence-electron chi connectivity index (χ0n) is 16.1. The molecule has 0 atom stereocenters. The molecular formula is C21H22ClN5OS. The molecule has 0 radical (unpaired) electrons. The van der Waals surface area contributed by atoms with Gasteiger partial charge in [0.1, 0.15) is 0 Å². The Kier molecular flexibility index (Phi) is 7.32. The molecule has 8 heteroatoms. The van der Waals surface area contributed by atoms with Gasteiger partial charge in [0.2, 0.25) is 5.91 Å². The van der Waals surface area contributed by atoms with E-state index in [1.165, 1.54) is 11.8 Å². The molecular weight excluding hydrogens is 406 g/mol. The number of aromatic nitrogens is 3. The quantitative estimate of drug-likeness (QED) is 0.380. The highest BCUT2D eigenvalue weighted by Gasteiger charge is 2.14. The van der Waals surface area contributed by atoms with E-state index in [9.17, 15) is 4.79 Å². The molecule has 1 amide bonds. The van der Waals surface area contributed by atoms with Crippen LogP contribution in [-0.4, -0.2) is 26.4 Å². The fourth-order valence-electron chi connectivity index (χ4n) is 2.68. The number of nitrogens with zero attached hydrogens (tertiary/aromatic N) is 3. The zero-order chi connectivity index (χ0) is 20.6. The van der Waals surface area contributed by atoms with Crippen LogP contribution in [0.5, 0.6) is 0 Å². The zero-order valence-corrected chi connectivity index (χ0v) is 17.6. The molecule has 1 heterocycles. The van der Waals surface area contributed by atoms with Gasteiger partial charge in [0, 0.05) is 22.9 Å². The van der Waals surface area contributed by atoms with Crippen LogP contribution < -0.4 is 10.6 Å². The SMILES string of the molecule is C=CCn1c(CNc2cccc(Cl)c2)nnc1SCC(=O)Nc1ccccc1C. The third kappa shape index (κ3) is 5.85. The van der Waals surface area contributed by atoms with E-state index < -0.39 is 0 Å². The number of amides is 1. The number of anilines is 2. The normalized spacial score (nSPS) is 10.6. The second-order valence-corrected chi connectivity index (χ2v) is 7.69. The average molecular weight is 428 g/mol. The van der Waals surface area contributed by atoms with Crippen LogP contribution in [0.3, 0.4) is 0 Å². The lowest BCUT2D eigenvalue weighted by atomic mass is 10.2. The Labute approximate surface area is 179 Å². The number of benzene rings is 2. The van der Waals surface area contributed by atoms with Gasteiger partial charge in [-0.3, -0.25) is 4.79 Å². The minimum atomic E-state index is -0.0870. The largest absolute Gasteiger partial charge is 0.378 e. The van der Waals surface area contributed by atoms with Gasteiger partial charge in [-0.1, -0.05) is 53.7 Å². The van der Waals surface area contributed by atoms with E-state index in [-0.39, 0.29) is 11.7 Å². The summed E-state index contributed by atoms with van der Waals surface area (Å²) < 4.78 is 1.94. The Balaban J connectivity index is 1.62. The van der Waals surface area contributed by atoms with E-state index in [2.05, 4.69) is 27.4 Å². The van der Waals surface area contributed by atoms with Gasteiger partial charge < -0.3 is 15.2 Å². The molecule has 0 saturated carbocycles. The molecule has 0 aliphatic heterocycles. The number of rotatable bonds is 9. The fraction of sp³-hybridized carbons (Fsp3) is 0.190. The van der Waals surface area contributed by atoms with Crippen molar-refractivity contribution in [1.82, 2.24) is 14.8 Å². The summed E-state index contributed by atoms with van der Waals surface area (Å²) in [6.07, 6.45) is 1.78. The molecule has 3 rings (SSSR count). The van der Waals surface area contributed by atoms with Gasteiger partial charge in [-0.25, -0.2) is 0 Å². The average Bonchev–Trinajstić information content (AvgIpc) is 3.09. The lowest BCUT2D eigenvalue weighted by molar-refractivity contribution is -0.113. The van der Waals surface area contributed by atoms with Crippen molar-refractivity contribution in [2.24, 2.45) is 0 Å². The van der Waals surface area contributed by atoms with Gasteiger partial charge in [-0.2, -0.15) is 0 Å². The van der Waals surface area contributed by atoms with Gasteiger partial charge in [0.15, 0.2) is 11.0 Å². The van der Waals surface area contributed by atoms with E-state index in [0.717, 1.165) is 22.8 Å². The minimum Gasteiger partial charge on any atom is -0.378 e. The number of nitrogens with one attached hydrogen (secondary N) is 2. The first-order chi connectivity index (χ1) is 14.1. The fourth-order valence-corrected chi connectivity index (χ4v) is 3.64. The number of hydrogen-bond donors (Lipinski definition) is 2. The Morgan fingerprint density at radius 1 is 1.24 bits per heavy atom. The molecule has 0 fully saturated rings. The first-order valence-electron chi connectivity index (χ1n) is 9.07. The second kappa shape index (κ2) is 10.1. The van der Waals surface area contributed by atoms with E-state index in [1.54, 1.807) is 6.08 Å². The van der Waals surface area contributed by atoms with E-state index in [0.29, 0.717) is 23.3 Å². The first kappa shape index (κ1) is 21.0. The molecule has 29 heavy (non-hydrogen) atoms. The van der Waals surface area contributed by atoms with Gasteiger partial charge in [-0.15, -0.1) is 16.8 Å². The van der Waals surface area contributed by atoms with E-state index in [1.807, 2.05) is 60.0 Å².